The van der Waals surface area contributed by atoms with Crippen molar-refractivity contribution in [3.05, 3.63) is 90.1 Å². The van der Waals surface area contributed by atoms with Crippen LogP contribution in [0.5, 0.6) is 0 Å². The van der Waals surface area contributed by atoms with Crippen molar-refractivity contribution in [3.63, 3.8) is 0 Å². The molecule has 1 aromatic heterocycles. The molecule has 1 amide bonds. The van der Waals surface area contributed by atoms with Gasteiger partial charge in [-0.15, -0.1) is 0 Å². The third-order valence-electron chi connectivity index (χ3n) is 5.34. The molecule has 7 heteroatoms. The van der Waals surface area contributed by atoms with E-state index in [1.54, 1.807) is 36.4 Å². The Kier molecular flexibility index (Phi) is 6.28. The molecule has 1 heterocycles. The zero-order valence-corrected chi connectivity index (χ0v) is 18.6. The van der Waals surface area contributed by atoms with Crippen LogP contribution >= 0.6 is 0 Å². The highest BCUT2D eigenvalue weighted by molar-refractivity contribution is 7.92. The Morgan fingerprint density at radius 1 is 0.969 bits per heavy atom. The summed E-state index contributed by atoms with van der Waals surface area (Å²) >= 11 is 0. The van der Waals surface area contributed by atoms with E-state index >= 15 is 0 Å². The van der Waals surface area contributed by atoms with Crippen molar-refractivity contribution in [3.8, 4) is 0 Å². The second kappa shape index (κ2) is 9.28. The number of para-hydroxylation sites is 1. The molecular weight excluding hydrogens is 422 g/mol. The molecular formula is C25H25N3O3S. The molecule has 0 aliphatic rings. The van der Waals surface area contributed by atoms with Gasteiger partial charge in [0.05, 0.1) is 10.6 Å². The van der Waals surface area contributed by atoms with Crippen LogP contribution in [0.4, 0.5) is 11.4 Å². The summed E-state index contributed by atoms with van der Waals surface area (Å²) in [7, 11) is -3.70. The highest BCUT2D eigenvalue weighted by Crippen LogP contribution is 2.24. The van der Waals surface area contributed by atoms with Gasteiger partial charge < -0.3 is 10.3 Å². The van der Waals surface area contributed by atoms with E-state index in [1.165, 1.54) is 23.1 Å². The topological polar surface area (TPSA) is 91.1 Å². The predicted octanol–water partition coefficient (Wildman–Crippen LogP) is 5.24. The quantitative estimate of drug-likeness (QED) is 0.345. The molecule has 3 aromatic carbocycles. The smallest absolute Gasteiger partial charge is 0.261 e. The molecule has 4 aromatic rings. The average molecular weight is 448 g/mol. The summed E-state index contributed by atoms with van der Waals surface area (Å²) in [5.41, 5.74) is 4.05. The zero-order valence-electron chi connectivity index (χ0n) is 17.8. The molecule has 0 unspecified atom stereocenters. The Morgan fingerprint density at radius 2 is 1.72 bits per heavy atom. The van der Waals surface area contributed by atoms with Gasteiger partial charge in [-0.2, -0.15) is 0 Å². The molecule has 0 atom stereocenters. The van der Waals surface area contributed by atoms with Crippen LogP contribution in [-0.2, 0) is 21.2 Å². The Labute approximate surface area is 187 Å². The number of nitrogens with one attached hydrogen (secondary N) is 3. The molecule has 0 radical (unpaired) electrons. The molecule has 0 aliphatic heterocycles. The second-order valence-corrected chi connectivity index (χ2v) is 9.39. The van der Waals surface area contributed by atoms with Crippen molar-refractivity contribution >= 4 is 38.2 Å². The first kappa shape index (κ1) is 21.6. The molecule has 0 aliphatic carbocycles. The number of benzene rings is 3. The van der Waals surface area contributed by atoms with E-state index in [4.69, 9.17) is 0 Å². The van der Waals surface area contributed by atoms with Crippen LogP contribution in [0.15, 0.2) is 83.9 Å². The minimum atomic E-state index is -3.70. The fraction of sp³-hybridized carbons (Fsp3) is 0.160. The first-order valence-electron chi connectivity index (χ1n) is 10.5. The predicted molar refractivity (Wildman–Crippen MR) is 128 cm³/mol. The monoisotopic (exact) mass is 447 g/mol. The van der Waals surface area contributed by atoms with E-state index in [0.29, 0.717) is 24.2 Å². The number of hydrogen-bond donors (Lipinski definition) is 3. The number of H-pyrrole nitrogens is 1. The van der Waals surface area contributed by atoms with Crippen LogP contribution in [0.3, 0.4) is 0 Å². The Hall–Kier alpha value is -3.58. The molecule has 6 nitrogen and oxygen atoms in total. The van der Waals surface area contributed by atoms with E-state index in [2.05, 4.69) is 21.1 Å². The fourth-order valence-corrected chi connectivity index (χ4v) is 4.76. The summed E-state index contributed by atoms with van der Waals surface area (Å²) < 4.78 is 27.9. The van der Waals surface area contributed by atoms with Gasteiger partial charge in [-0.1, -0.05) is 42.5 Å². The maximum Gasteiger partial charge on any atom is 0.261 e. The number of amides is 1. The molecule has 164 valence electrons. The zero-order chi connectivity index (χ0) is 22.6. The molecule has 0 spiro atoms. The standard InChI is InChI=1S/C25H25N3O3S/c1-18-14-15-20(16-24(18)28-32(30,31)21-9-3-2-4-10-21)27-25(29)13-7-8-19-17-26-23-12-6-5-11-22(19)23/h2-6,9-12,14-17,26,28H,7-8,13H2,1H3,(H,27,29). The van der Waals surface area contributed by atoms with Gasteiger partial charge in [0, 0.05) is 29.2 Å². The van der Waals surface area contributed by atoms with Crippen molar-refractivity contribution in [1.82, 2.24) is 4.98 Å². The first-order chi connectivity index (χ1) is 15.4. The van der Waals surface area contributed by atoms with Gasteiger partial charge in [-0.3, -0.25) is 9.52 Å². The molecule has 0 saturated carbocycles. The van der Waals surface area contributed by atoms with Gasteiger partial charge in [-0.25, -0.2) is 8.42 Å². The Balaban J connectivity index is 1.37. The summed E-state index contributed by atoms with van der Waals surface area (Å²) in [6, 6.07) is 21.5. The van der Waals surface area contributed by atoms with E-state index in [-0.39, 0.29) is 10.8 Å². The van der Waals surface area contributed by atoms with Crippen molar-refractivity contribution < 1.29 is 13.2 Å². The highest BCUT2D eigenvalue weighted by Gasteiger charge is 2.15. The molecule has 32 heavy (non-hydrogen) atoms. The van der Waals surface area contributed by atoms with Crippen LogP contribution in [0.25, 0.3) is 10.9 Å². The van der Waals surface area contributed by atoms with Crippen molar-refractivity contribution in [1.29, 1.82) is 0 Å². The number of aromatic nitrogens is 1. The van der Waals surface area contributed by atoms with Crippen LogP contribution in [0.1, 0.15) is 24.0 Å². The number of rotatable bonds is 8. The number of aromatic amines is 1. The summed E-state index contributed by atoms with van der Waals surface area (Å²) in [5.74, 6) is -0.106. The summed E-state index contributed by atoms with van der Waals surface area (Å²) in [4.78, 5) is 15.9. The molecule has 0 fully saturated rings. The maximum atomic E-state index is 12.6. The van der Waals surface area contributed by atoms with E-state index in [9.17, 15) is 13.2 Å². The third kappa shape index (κ3) is 5.00. The molecule has 0 saturated heterocycles. The summed E-state index contributed by atoms with van der Waals surface area (Å²) in [5, 5.41) is 4.05. The fourth-order valence-electron chi connectivity index (χ4n) is 3.61. The lowest BCUT2D eigenvalue weighted by atomic mass is 10.1. The number of carbonyl (C=O) groups excluding carboxylic acids is 1. The number of anilines is 2. The lowest BCUT2D eigenvalue weighted by Gasteiger charge is -2.13. The molecule has 4 rings (SSSR count). The van der Waals surface area contributed by atoms with E-state index in [1.807, 2.05) is 31.3 Å². The Bertz CT molecular complexity index is 1350. The molecule has 3 N–H and O–H groups in total. The number of carbonyl (C=O) groups is 1. The van der Waals surface area contributed by atoms with Gasteiger partial charge in [-0.05, 0) is 61.2 Å². The van der Waals surface area contributed by atoms with Crippen molar-refractivity contribution in [2.45, 2.75) is 31.1 Å². The third-order valence-corrected chi connectivity index (χ3v) is 6.73. The number of fused-ring (bicyclic) bond motifs is 1. The SMILES string of the molecule is Cc1ccc(NC(=O)CCCc2c[nH]c3ccccc23)cc1NS(=O)(=O)c1ccccc1. The molecule has 0 bridgehead atoms. The van der Waals surface area contributed by atoms with Crippen LogP contribution < -0.4 is 10.0 Å². The number of hydrogen-bond acceptors (Lipinski definition) is 3. The van der Waals surface area contributed by atoms with Crippen molar-refractivity contribution in [2.24, 2.45) is 0 Å². The average Bonchev–Trinajstić information content (AvgIpc) is 3.20. The van der Waals surface area contributed by atoms with Crippen LogP contribution in [0, 0.1) is 6.92 Å². The van der Waals surface area contributed by atoms with Gasteiger partial charge in [0.2, 0.25) is 5.91 Å². The van der Waals surface area contributed by atoms with Gasteiger partial charge >= 0.3 is 0 Å². The van der Waals surface area contributed by atoms with Gasteiger partial charge in [0.1, 0.15) is 0 Å². The minimum absolute atomic E-state index is 0.106. The van der Waals surface area contributed by atoms with E-state index < -0.39 is 10.0 Å². The second-order valence-electron chi connectivity index (χ2n) is 7.71. The van der Waals surface area contributed by atoms with Crippen LogP contribution in [-0.4, -0.2) is 19.3 Å². The first-order valence-corrected chi connectivity index (χ1v) is 11.9. The summed E-state index contributed by atoms with van der Waals surface area (Å²) in [6.45, 7) is 1.82. The minimum Gasteiger partial charge on any atom is -0.361 e. The number of sulfonamides is 1. The van der Waals surface area contributed by atoms with Gasteiger partial charge in [0.15, 0.2) is 0 Å². The maximum absolute atomic E-state index is 12.6. The van der Waals surface area contributed by atoms with E-state index in [0.717, 1.165) is 17.5 Å². The highest BCUT2D eigenvalue weighted by atomic mass is 32.2. The van der Waals surface area contributed by atoms with Gasteiger partial charge in [0.25, 0.3) is 10.0 Å². The van der Waals surface area contributed by atoms with Crippen LogP contribution in [0.2, 0.25) is 0 Å². The van der Waals surface area contributed by atoms with Crippen molar-refractivity contribution in [2.75, 3.05) is 10.0 Å². The number of aryl methyl sites for hydroxylation is 2. The largest absolute Gasteiger partial charge is 0.361 e. The summed E-state index contributed by atoms with van der Waals surface area (Å²) in [6.07, 6.45) is 3.88. The lowest BCUT2D eigenvalue weighted by Crippen LogP contribution is -2.15. The Morgan fingerprint density at radius 3 is 2.53 bits per heavy atom. The lowest BCUT2D eigenvalue weighted by molar-refractivity contribution is -0.116. The normalized spacial score (nSPS) is 11.4.